The minimum atomic E-state index is -0.587. The van der Waals surface area contributed by atoms with Gasteiger partial charge in [0, 0.05) is 25.4 Å². The zero-order valence-corrected chi connectivity index (χ0v) is 21.7. The lowest BCUT2D eigenvalue weighted by Gasteiger charge is -2.32. The average Bonchev–Trinajstić information content (AvgIpc) is 2.88. The van der Waals surface area contributed by atoms with Gasteiger partial charge in [-0.15, -0.1) is 0 Å². The van der Waals surface area contributed by atoms with Crippen molar-refractivity contribution in [3.05, 3.63) is 106 Å². The highest BCUT2D eigenvalue weighted by Crippen LogP contribution is 2.30. The molecular formula is C29H32Cl2N2O2. The molecule has 0 saturated carbocycles. The highest BCUT2D eigenvalue weighted by molar-refractivity contribution is 6.42. The van der Waals surface area contributed by atoms with Crippen LogP contribution < -0.4 is 5.32 Å². The van der Waals surface area contributed by atoms with Crippen molar-refractivity contribution in [2.24, 2.45) is 0 Å². The molecule has 3 aromatic rings. The Balaban J connectivity index is 1.95. The fourth-order valence-corrected chi connectivity index (χ4v) is 4.53. The molecule has 4 nitrogen and oxygen atoms in total. The number of nitrogens with one attached hydrogen (secondary N) is 1. The smallest absolute Gasteiger partial charge is 0.242 e. The summed E-state index contributed by atoms with van der Waals surface area (Å²) in [5.74, 6) is -0.358. The van der Waals surface area contributed by atoms with Crippen LogP contribution in [0.3, 0.4) is 0 Å². The third kappa shape index (κ3) is 7.33. The molecule has 0 radical (unpaired) electrons. The highest BCUT2D eigenvalue weighted by Gasteiger charge is 2.30. The van der Waals surface area contributed by atoms with Gasteiger partial charge in [0.1, 0.15) is 6.04 Å². The van der Waals surface area contributed by atoms with E-state index < -0.39 is 6.04 Å². The molecule has 0 spiro atoms. The van der Waals surface area contributed by atoms with E-state index in [4.69, 9.17) is 23.2 Å². The monoisotopic (exact) mass is 510 g/mol. The van der Waals surface area contributed by atoms with E-state index in [2.05, 4.69) is 5.32 Å². The number of carbonyl (C=O) groups is 2. The molecule has 0 aromatic heterocycles. The van der Waals surface area contributed by atoms with Gasteiger partial charge < -0.3 is 10.2 Å². The lowest BCUT2D eigenvalue weighted by Crippen LogP contribution is -2.49. The Morgan fingerprint density at radius 2 is 1.46 bits per heavy atom. The molecule has 3 rings (SSSR count). The molecule has 0 aliphatic rings. The van der Waals surface area contributed by atoms with E-state index in [9.17, 15) is 9.59 Å². The van der Waals surface area contributed by atoms with Gasteiger partial charge in [-0.25, -0.2) is 0 Å². The van der Waals surface area contributed by atoms with Crippen molar-refractivity contribution < 1.29 is 9.59 Å². The summed E-state index contributed by atoms with van der Waals surface area (Å²) >= 11 is 12.4. The predicted molar refractivity (Wildman–Crippen MR) is 144 cm³/mol. The molecule has 1 atom stereocenters. The van der Waals surface area contributed by atoms with Crippen LogP contribution in [0.4, 0.5) is 0 Å². The first-order chi connectivity index (χ1) is 16.9. The molecule has 0 bridgehead atoms. The summed E-state index contributed by atoms with van der Waals surface area (Å²) in [5, 5.41) is 3.84. The summed E-state index contributed by atoms with van der Waals surface area (Å²) in [5.41, 5.74) is 2.94. The molecule has 0 saturated heterocycles. The van der Waals surface area contributed by atoms with Crippen molar-refractivity contribution in [1.29, 1.82) is 0 Å². The van der Waals surface area contributed by atoms with Crippen LogP contribution in [0.1, 0.15) is 55.7 Å². The van der Waals surface area contributed by atoms with E-state index in [0.717, 1.165) is 23.1 Å². The van der Waals surface area contributed by atoms with E-state index in [1.807, 2.05) is 80.6 Å². The standard InChI is InChI=1S/C29H32Cl2N2O2/c1-3-17-32-29(35)27(4-2)33(20-21-15-16-25(30)26(31)18-21)28(34)19-24(22-11-7-5-8-12-22)23-13-9-6-10-14-23/h5-16,18,24,27H,3-4,17,19-20H2,1-2H3,(H,32,35). The molecule has 0 fully saturated rings. The van der Waals surface area contributed by atoms with E-state index in [1.54, 1.807) is 17.0 Å². The molecule has 35 heavy (non-hydrogen) atoms. The molecule has 0 aliphatic carbocycles. The van der Waals surface area contributed by atoms with Crippen molar-refractivity contribution >= 4 is 35.0 Å². The molecule has 3 aromatic carbocycles. The van der Waals surface area contributed by atoms with Crippen LogP contribution in [0.5, 0.6) is 0 Å². The minimum Gasteiger partial charge on any atom is -0.354 e. The Bertz CT molecular complexity index is 1070. The Kier molecular flexibility index (Phi) is 10.2. The Morgan fingerprint density at radius 3 is 1.97 bits per heavy atom. The van der Waals surface area contributed by atoms with Crippen LogP contribution in [-0.2, 0) is 16.1 Å². The molecule has 1 N–H and O–H groups in total. The zero-order chi connectivity index (χ0) is 25.2. The van der Waals surface area contributed by atoms with E-state index >= 15 is 0 Å². The largest absolute Gasteiger partial charge is 0.354 e. The van der Waals surface area contributed by atoms with Crippen LogP contribution in [0.2, 0.25) is 10.0 Å². The van der Waals surface area contributed by atoms with E-state index in [-0.39, 0.29) is 30.7 Å². The first-order valence-electron chi connectivity index (χ1n) is 12.1. The molecule has 0 aliphatic heterocycles. The van der Waals surface area contributed by atoms with Gasteiger partial charge in [-0.2, -0.15) is 0 Å². The van der Waals surface area contributed by atoms with Crippen LogP contribution in [0.15, 0.2) is 78.9 Å². The summed E-state index contributed by atoms with van der Waals surface area (Å²) in [6.45, 7) is 4.77. The van der Waals surface area contributed by atoms with Gasteiger partial charge in [0.15, 0.2) is 0 Å². The quantitative estimate of drug-likeness (QED) is 0.306. The van der Waals surface area contributed by atoms with Crippen molar-refractivity contribution in [2.45, 2.75) is 51.6 Å². The summed E-state index contributed by atoms with van der Waals surface area (Å²) in [6, 6.07) is 24.8. The maximum absolute atomic E-state index is 13.9. The van der Waals surface area contributed by atoms with Gasteiger partial charge in [-0.05, 0) is 41.7 Å². The van der Waals surface area contributed by atoms with Crippen LogP contribution in [0.25, 0.3) is 0 Å². The van der Waals surface area contributed by atoms with E-state index in [0.29, 0.717) is 23.0 Å². The van der Waals surface area contributed by atoms with Crippen LogP contribution in [0, 0.1) is 0 Å². The second-order valence-electron chi connectivity index (χ2n) is 8.56. The second kappa shape index (κ2) is 13.3. The van der Waals surface area contributed by atoms with Gasteiger partial charge >= 0.3 is 0 Å². The summed E-state index contributed by atoms with van der Waals surface area (Å²) < 4.78 is 0. The summed E-state index contributed by atoms with van der Waals surface area (Å²) in [7, 11) is 0. The zero-order valence-electron chi connectivity index (χ0n) is 20.2. The number of benzene rings is 3. The summed E-state index contributed by atoms with van der Waals surface area (Å²) in [6.07, 6.45) is 1.57. The first-order valence-corrected chi connectivity index (χ1v) is 12.8. The third-order valence-corrected chi connectivity index (χ3v) is 6.79. The Labute approximate surface area is 218 Å². The topological polar surface area (TPSA) is 49.4 Å². The lowest BCUT2D eigenvalue weighted by atomic mass is 9.88. The maximum atomic E-state index is 13.9. The normalized spacial score (nSPS) is 11.8. The average molecular weight is 511 g/mol. The number of carbonyl (C=O) groups excluding carboxylic acids is 2. The number of halogens is 2. The first kappa shape index (κ1) is 26.8. The number of amides is 2. The lowest BCUT2D eigenvalue weighted by molar-refractivity contribution is -0.141. The molecule has 0 heterocycles. The van der Waals surface area contributed by atoms with Gasteiger partial charge in [-0.3, -0.25) is 9.59 Å². The third-order valence-electron chi connectivity index (χ3n) is 6.05. The molecule has 184 valence electrons. The number of rotatable bonds is 11. The van der Waals surface area contributed by atoms with E-state index in [1.165, 1.54) is 0 Å². The number of nitrogens with zero attached hydrogens (tertiary/aromatic N) is 1. The molecule has 1 unspecified atom stereocenters. The van der Waals surface area contributed by atoms with Crippen molar-refractivity contribution in [2.75, 3.05) is 6.54 Å². The van der Waals surface area contributed by atoms with Crippen molar-refractivity contribution in [3.63, 3.8) is 0 Å². The van der Waals surface area contributed by atoms with Gasteiger partial charge in [0.25, 0.3) is 0 Å². The van der Waals surface area contributed by atoms with Crippen molar-refractivity contribution in [1.82, 2.24) is 10.2 Å². The highest BCUT2D eigenvalue weighted by atomic mass is 35.5. The molecule has 2 amide bonds. The number of hydrogen-bond acceptors (Lipinski definition) is 2. The van der Waals surface area contributed by atoms with Gasteiger partial charge in [-0.1, -0.05) is 104 Å². The Hall–Kier alpha value is -2.82. The molecular weight excluding hydrogens is 479 g/mol. The van der Waals surface area contributed by atoms with Gasteiger partial charge in [0.05, 0.1) is 10.0 Å². The fraction of sp³-hybridized carbons (Fsp3) is 0.310. The van der Waals surface area contributed by atoms with Crippen LogP contribution >= 0.6 is 23.2 Å². The second-order valence-corrected chi connectivity index (χ2v) is 9.38. The van der Waals surface area contributed by atoms with Gasteiger partial charge in [0.2, 0.25) is 11.8 Å². The maximum Gasteiger partial charge on any atom is 0.242 e. The van der Waals surface area contributed by atoms with Crippen LogP contribution in [-0.4, -0.2) is 29.3 Å². The summed E-state index contributed by atoms with van der Waals surface area (Å²) in [4.78, 5) is 28.7. The SMILES string of the molecule is CCCNC(=O)C(CC)N(Cc1ccc(Cl)c(Cl)c1)C(=O)CC(c1ccccc1)c1ccccc1. The van der Waals surface area contributed by atoms with Crippen molar-refractivity contribution in [3.8, 4) is 0 Å². The minimum absolute atomic E-state index is 0.0905. The number of hydrogen-bond donors (Lipinski definition) is 1. The molecule has 6 heteroatoms. The predicted octanol–water partition coefficient (Wildman–Crippen LogP) is 6.85. The Morgan fingerprint density at radius 1 is 0.857 bits per heavy atom. The fourth-order valence-electron chi connectivity index (χ4n) is 4.21.